The molecule has 0 aromatic heterocycles. The lowest BCUT2D eigenvalue weighted by atomic mass is 9.77. The average Bonchev–Trinajstić information content (AvgIpc) is 2.66. The summed E-state index contributed by atoms with van der Waals surface area (Å²) in [4.78, 5) is 23.7. The van der Waals surface area contributed by atoms with Gasteiger partial charge in [-0.2, -0.15) is 0 Å². The van der Waals surface area contributed by atoms with Crippen molar-refractivity contribution in [2.45, 2.75) is 45.3 Å². The fourth-order valence-corrected chi connectivity index (χ4v) is 3.36. The first-order valence-electron chi connectivity index (χ1n) is 9.28. The normalized spacial score (nSPS) is 15.8. The van der Waals surface area contributed by atoms with E-state index in [0.29, 0.717) is 6.29 Å². The van der Waals surface area contributed by atoms with Crippen LogP contribution in [0.25, 0.3) is 0 Å². The van der Waals surface area contributed by atoms with E-state index in [9.17, 15) is 19.6 Å². The van der Waals surface area contributed by atoms with Gasteiger partial charge in [-0.05, 0) is 68.4 Å². The van der Waals surface area contributed by atoms with E-state index in [1.54, 1.807) is 0 Å². The summed E-state index contributed by atoms with van der Waals surface area (Å²) in [5.41, 5.74) is 2.34. The molecule has 0 saturated carbocycles. The Morgan fingerprint density at radius 3 is 2.68 bits per heavy atom. The van der Waals surface area contributed by atoms with Gasteiger partial charge in [0, 0.05) is 11.1 Å². The molecule has 6 nitrogen and oxygen atoms in total. The maximum Gasteiger partial charge on any atom is 0.489 e. The summed E-state index contributed by atoms with van der Waals surface area (Å²) in [6.07, 6.45) is 2.35. The van der Waals surface area contributed by atoms with E-state index in [0.717, 1.165) is 29.7 Å². The quantitative estimate of drug-likeness (QED) is 0.542. The minimum atomic E-state index is -1.76. The Morgan fingerprint density at radius 2 is 2.00 bits per heavy atom. The first-order valence-corrected chi connectivity index (χ1v) is 9.28. The van der Waals surface area contributed by atoms with Crippen LogP contribution in [0.15, 0.2) is 36.4 Å². The molecule has 0 saturated heterocycles. The lowest BCUT2D eigenvalue weighted by Crippen LogP contribution is -2.34. The van der Waals surface area contributed by atoms with Crippen molar-refractivity contribution in [3.63, 3.8) is 0 Å². The molecule has 2 aromatic carbocycles. The summed E-state index contributed by atoms with van der Waals surface area (Å²) in [6, 6.07) is 9.88. The van der Waals surface area contributed by atoms with E-state index in [2.05, 4.69) is 25.2 Å². The number of ether oxygens (including phenoxy) is 1. The molecule has 1 unspecified atom stereocenters. The molecule has 1 aliphatic rings. The fraction of sp³-hybridized carbons (Fsp3) is 0.333. The third-order valence-electron chi connectivity index (χ3n) is 5.07. The monoisotopic (exact) mass is 381 g/mol. The highest BCUT2D eigenvalue weighted by molar-refractivity contribution is 6.60. The minimum Gasteiger partial charge on any atom is -0.488 e. The molecule has 3 N–H and O–H groups in total. The highest BCUT2D eigenvalue weighted by Crippen LogP contribution is 2.34. The average molecular weight is 381 g/mol. The maximum atomic E-state index is 12.6. The van der Waals surface area contributed by atoms with Crippen molar-refractivity contribution >= 4 is 24.8 Å². The third-order valence-corrected chi connectivity index (χ3v) is 5.07. The number of hydrogen-bond acceptors (Lipinski definition) is 5. The molecule has 1 atom stereocenters. The van der Waals surface area contributed by atoms with Crippen molar-refractivity contribution in [3.8, 4) is 5.75 Å². The van der Waals surface area contributed by atoms with Crippen LogP contribution in [0.1, 0.15) is 65.1 Å². The van der Waals surface area contributed by atoms with Crippen LogP contribution in [0.4, 0.5) is 0 Å². The predicted octanol–water partition coefficient (Wildman–Crippen LogP) is 1.77. The summed E-state index contributed by atoms with van der Waals surface area (Å²) in [7, 11) is -1.76. The van der Waals surface area contributed by atoms with Crippen molar-refractivity contribution in [1.29, 1.82) is 0 Å². The van der Waals surface area contributed by atoms with Crippen LogP contribution in [0.5, 0.6) is 5.75 Å². The summed E-state index contributed by atoms with van der Waals surface area (Å²) in [5, 5.41) is 21.5. The molecule has 146 valence electrons. The number of carbonyl (C=O) groups excluding carboxylic acids is 2. The first-order chi connectivity index (χ1) is 13.2. The van der Waals surface area contributed by atoms with E-state index in [-0.39, 0.29) is 34.1 Å². The second-order valence-corrected chi connectivity index (χ2v) is 7.76. The number of aldehydes is 1. The van der Waals surface area contributed by atoms with Gasteiger partial charge in [-0.3, -0.25) is 9.59 Å². The maximum absolute atomic E-state index is 12.6. The molecule has 3 rings (SSSR count). The zero-order valence-electron chi connectivity index (χ0n) is 16.2. The molecule has 1 heterocycles. The number of carbonyl (C=O) groups is 2. The van der Waals surface area contributed by atoms with Crippen LogP contribution in [-0.2, 0) is 6.42 Å². The van der Waals surface area contributed by atoms with Gasteiger partial charge in [0.05, 0.1) is 6.04 Å². The van der Waals surface area contributed by atoms with E-state index in [1.165, 1.54) is 18.2 Å². The Hall–Kier alpha value is -2.64. The summed E-state index contributed by atoms with van der Waals surface area (Å²) < 4.78 is 6.00. The van der Waals surface area contributed by atoms with E-state index in [4.69, 9.17) is 4.74 Å². The molecule has 1 amide bonds. The number of benzene rings is 2. The fourth-order valence-electron chi connectivity index (χ4n) is 3.36. The van der Waals surface area contributed by atoms with Gasteiger partial charge in [-0.15, -0.1) is 0 Å². The lowest BCUT2D eigenvalue weighted by Gasteiger charge is -2.33. The van der Waals surface area contributed by atoms with Gasteiger partial charge in [0.25, 0.3) is 5.91 Å². The summed E-state index contributed by atoms with van der Waals surface area (Å²) in [5.74, 6) is 0.539. The van der Waals surface area contributed by atoms with Gasteiger partial charge in [-0.25, -0.2) is 0 Å². The van der Waals surface area contributed by atoms with Crippen molar-refractivity contribution in [2.24, 2.45) is 0 Å². The zero-order valence-corrected chi connectivity index (χ0v) is 16.2. The Kier molecular flexibility index (Phi) is 5.58. The van der Waals surface area contributed by atoms with Gasteiger partial charge in [-0.1, -0.05) is 18.2 Å². The standard InChI is InChI=1S/C21H24BNO5/c1-13(14-5-7-19-15(10-14)8-9-21(2,3)28-19)23-20(25)16-4-6-18(22(26)27)17(11-16)12-24/h4-7,10-13,26-27H,8-9H2,1-3H3,(H,23,25). The van der Waals surface area contributed by atoms with E-state index >= 15 is 0 Å². The lowest BCUT2D eigenvalue weighted by molar-refractivity contribution is 0.0846. The molecule has 0 aliphatic carbocycles. The van der Waals surface area contributed by atoms with Gasteiger partial charge in [0.2, 0.25) is 0 Å². The number of aryl methyl sites for hydroxylation is 1. The molecular weight excluding hydrogens is 357 g/mol. The van der Waals surface area contributed by atoms with Crippen LogP contribution in [-0.4, -0.2) is 35.0 Å². The molecule has 7 heteroatoms. The Morgan fingerprint density at radius 1 is 1.25 bits per heavy atom. The molecule has 1 aliphatic heterocycles. The number of fused-ring (bicyclic) bond motifs is 1. The highest BCUT2D eigenvalue weighted by atomic mass is 16.5. The zero-order chi connectivity index (χ0) is 20.5. The summed E-state index contributed by atoms with van der Waals surface area (Å²) >= 11 is 0. The number of amides is 1. The largest absolute Gasteiger partial charge is 0.489 e. The smallest absolute Gasteiger partial charge is 0.488 e. The Bertz CT molecular complexity index is 910. The summed E-state index contributed by atoms with van der Waals surface area (Å²) in [6.45, 7) is 6.03. The molecule has 0 spiro atoms. The van der Waals surface area contributed by atoms with Crippen LogP contribution < -0.4 is 15.5 Å². The minimum absolute atomic E-state index is 0.0669. The van der Waals surface area contributed by atoms with Crippen molar-refractivity contribution in [1.82, 2.24) is 5.32 Å². The van der Waals surface area contributed by atoms with Crippen molar-refractivity contribution in [2.75, 3.05) is 0 Å². The molecule has 28 heavy (non-hydrogen) atoms. The topological polar surface area (TPSA) is 95.9 Å². The molecule has 0 radical (unpaired) electrons. The molecular formula is C21H24BNO5. The Labute approximate surface area is 164 Å². The van der Waals surface area contributed by atoms with E-state index in [1.807, 2.05) is 19.1 Å². The van der Waals surface area contributed by atoms with Crippen LogP contribution in [0.2, 0.25) is 0 Å². The van der Waals surface area contributed by atoms with Gasteiger partial charge < -0.3 is 20.1 Å². The van der Waals surface area contributed by atoms with Crippen LogP contribution in [0, 0.1) is 0 Å². The van der Waals surface area contributed by atoms with E-state index < -0.39 is 7.12 Å². The second-order valence-electron chi connectivity index (χ2n) is 7.76. The Balaban J connectivity index is 1.75. The van der Waals surface area contributed by atoms with Gasteiger partial charge in [0.1, 0.15) is 17.6 Å². The van der Waals surface area contributed by atoms with Crippen molar-refractivity contribution in [3.05, 3.63) is 58.7 Å². The molecule has 2 aromatic rings. The van der Waals surface area contributed by atoms with Gasteiger partial charge in [0.15, 0.2) is 0 Å². The highest BCUT2D eigenvalue weighted by Gasteiger charge is 2.27. The SMILES string of the molecule is CC(NC(=O)c1ccc(B(O)O)c(C=O)c1)c1ccc2c(c1)CCC(C)(C)O2. The first kappa shape index (κ1) is 20.1. The molecule has 0 fully saturated rings. The van der Waals surface area contributed by atoms with Gasteiger partial charge >= 0.3 is 7.12 Å². The predicted molar refractivity (Wildman–Crippen MR) is 107 cm³/mol. The number of rotatable bonds is 5. The van der Waals surface area contributed by atoms with Crippen LogP contribution >= 0.6 is 0 Å². The van der Waals surface area contributed by atoms with Crippen molar-refractivity contribution < 1.29 is 24.4 Å². The van der Waals surface area contributed by atoms with Crippen LogP contribution in [0.3, 0.4) is 0 Å². The third kappa shape index (κ3) is 4.26. The number of hydrogen-bond donors (Lipinski definition) is 3. The second kappa shape index (κ2) is 7.77. The molecule has 0 bridgehead atoms. The number of nitrogens with one attached hydrogen (secondary N) is 1.